The molecule has 82 valence electrons. The van der Waals surface area contributed by atoms with Crippen molar-refractivity contribution in [3.8, 4) is 5.40 Å². The molecule has 1 aromatic heterocycles. The molecule has 3 heteroatoms. The number of thiophene rings is 1. The number of thiocyanates is 1. The molecule has 0 aliphatic rings. The number of aryl methyl sites for hydroxylation is 1. The van der Waals surface area contributed by atoms with Crippen LogP contribution in [-0.2, 0) is 12.8 Å². The molecule has 0 atom stereocenters. The molecule has 0 unspecified atom stereocenters. The van der Waals surface area contributed by atoms with Gasteiger partial charge in [0.1, 0.15) is 5.40 Å². The van der Waals surface area contributed by atoms with Crippen molar-refractivity contribution in [1.29, 1.82) is 5.26 Å². The van der Waals surface area contributed by atoms with Gasteiger partial charge in [-0.25, -0.2) is 0 Å². The third-order valence-electron chi connectivity index (χ3n) is 2.06. The third-order valence-corrected chi connectivity index (χ3v) is 3.85. The second-order valence-electron chi connectivity index (χ2n) is 4.01. The third kappa shape index (κ3) is 5.25. The quantitative estimate of drug-likeness (QED) is 0.551. The summed E-state index contributed by atoms with van der Waals surface area (Å²) in [5.41, 5.74) is 0. The highest BCUT2D eigenvalue weighted by molar-refractivity contribution is 8.03. The van der Waals surface area contributed by atoms with Crippen LogP contribution in [0.3, 0.4) is 0 Å². The maximum atomic E-state index is 8.38. The lowest BCUT2D eigenvalue weighted by atomic mass is 10.1. The van der Waals surface area contributed by atoms with Gasteiger partial charge < -0.3 is 0 Å². The van der Waals surface area contributed by atoms with E-state index < -0.39 is 0 Å². The zero-order valence-corrected chi connectivity index (χ0v) is 11.0. The number of rotatable bonds is 6. The monoisotopic (exact) mass is 239 g/mol. The number of nitrogens with zero attached hydrogens (tertiary/aromatic N) is 1. The van der Waals surface area contributed by atoms with E-state index in [1.807, 2.05) is 11.3 Å². The van der Waals surface area contributed by atoms with Crippen LogP contribution in [0.15, 0.2) is 12.1 Å². The maximum Gasteiger partial charge on any atom is 0.133 e. The van der Waals surface area contributed by atoms with E-state index in [1.54, 1.807) is 0 Å². The summed E-state index contributed by atoms with van der Waals surface area (Å²) in [5.74, 6) is 1.69. The van der Waals surface area contributed by atoms with E-state index >= 15 is 0 Å². The molecule has 0 N–H and O–H groups in total. The van der Waals surface area contributed by atoms with Crippen LogP contribution in [0, 0.1) is 16.6 Å². The van der Waals surface area contributed by atoms with Crippen molar-refractivity contribution in [3.63, 3.8) is 0 Å². The number of hydrogen-bond acceptors (Lipinski definition) is 3. The Kier molecular flexibility index (Phi) is 5.82. The van der Waals surface area contributed by atoms with Crippen molar-refractivity contribution in [2.45, 2.75) is 33.1 Å². The van der Waals surface area contributed by atoms with Gasteiger partial charge in [0.2, 0.25) is 0 Å². The molecule has 0 aliphatic heterocycles. The second kappa shape index (κ2) is 6.92. The predicted octanol–water partition coefficient (Wildman–Crippen LogP) is 4.09. The Balaban J connectivity index is 2.30. The van der Waals surface area contributed by atoms with Crippen LogP contribution in [0.1, 0.15) is 30.0 Å². The Morgan fingerprint density at radius 1 is 1.40 bits per heavy atom. The normalized spacial score (nSPS) is 10.5. The van der Waals surface area contributed by atoms with Crippen LogP contribution in [-0.4, -0.2) is 5.75 Å². The predicted molar refractivity (Wildman–Crippen MR) is 69.3 cm³/mol. The molecule has 0 amide bonds. The zero-order chi connectivity index (χ0) is 11.1. The molecule has 0 radical (unpaired) electrons. The van der Waals surface area contributed by atoms with E-state index in [0.717, 1.165) is 24.5 Å². The summed E-state index contributed by atoms with van der Waals surface area (Å²) in [5, 5.41) is 10.5. The highest BCUT2D eigenvalue weighted by atomic mass is 32.2. The van der Waals surface area contributed by atoms with Crippen molar-refractivity contribution in [2.24, 2.45) is 5.92 Å². The highest BCUT2D eigenvalue weighted by Crippen LogP contribution is 2.21. The van der Waals surface area contributed by atoms with Crippen LogP contribution in [0.25, 0.3) is 0 Å². The summed E-state index contributed by atoms with van der Waals surface area (Å²) in [4.78, 5) is 2.96. The molecule has 15 heavy (non-hydrogen) atoms. The lowest BCUT2D eigenvalue weighted by Crippen LogP contribution is -1.89. The van der Waals surface area contributed by atoms with E-state index in [9.17, 15) is 0 Å². The van der Waals surface area contributed by atoms with Gasteiger partial charge in [-0.3, -0.25) is 0 Å². The van der Waals surface area contributed by atoms with E-state index in [-0.39, 0.29) is 0 Å². The fraction of sp³-hybridized carbons (Fsp3) is 0.583. The van der Waals surface area contributed by atoms with Crippen molar-refractivity contribution >= 4 is 23.1 Å². The minimum absolute atomic E-state index is 0.741. The van der Waals surface area contributed by atoms with Crippen molar-refractivity contribution < 1.29 is 0 Å². The molecular weight excluding hydrogens is 222 g/mol. The molecule has 1 nitrogen and oxygen atoms in total. The molecule has 0 bridgehead atoms. The van der Waals surface area contributed by atoms with Gasteiger partial charge in [0.05, 0.1) is 0 Å². The van der Waals surface area contributed by atoms with Crippen LogP contribution < -0.4 is 0 Å². The van der Waals surface area contributed by atoms with Crippen LogP contribution >= 0.6 is 23.1 Å². The minimum atomic E-state index is 0.741. The fourth-order valence-corrected chi connectivity index (χ4v) is 3.08. The Morgan fingerprint density at radius 3 is 2.80 bits per heavy atom. The van der Waals surface area contributed by atoms with Gasteiger partial charge in [0.25, 0.3) is 0 Å². The average molecular weight is 239 g/mol. The van der Waals surface area contributed by atoms with Crippen LogP contribution in [0.4, 0.5) is 0 Å². The molecule has 1 rings (SSSR count). The highest BCUT2D eigenvalue weighted by Gasteiger charge is 2.02. The van der Waals surface area contributed by atoms with Gasteiger partial charge in [0, 0.05) is 15.5 Å². The molecule has 1 heterocycles. The number of nitriles is 1. The SMILES string of the molecule is CC(C)Cc1ccc(CCCSC#N)s1. The molecule has 0 fully saturated rings. The number of thioether (sulfide) groups is 1. The number of hydrogen-bond donors (Lipinski definition) is 0. The minimum Gasteiger partial charge on any atom is -0.185 e. The first-order chi connectivity index (χ1) is 7.22. The smallest absolute Gasteiger partial charge is 0.133 e. The summed E-state index contributed by atoms with van der Waals surface area (Å²) in [6.07, 6.45) is 3.43. The van der Waals surface area contributed by atoms with Gasteiger partial charge >= 0.3 is 0 Å². The summed E-state index contributed by atoms with van der Waals surface area (Å²) >= 11 is 3.28. The van der Waals surface area contributed by atoms with Crippen LogP contribution in [0.5, 0.6) is 0 Å². The first-order valence-electron chi connectivity index (χ1n) is 5.31. The Labute approximate surface area is 101 Å². The first-order valence-corrected chi connectivity index (χ1v) is 7.11. The van der Waals surface area contributed by atoms with E-state index in [4.69, 9.17) is 5.26 Å². The summed E-state index contributed by atoms with van der Waals surface area (Å²) in [6.45, 7) is 4.51. The van der Waals surface area contributed by atoms with Crippen molar-refractivity contribution in [3.05, 3.63) is 21.9 Å². The summed E-state index contributed by atoms with van der Waals surface area (Å²) in [7, 11) is 0. The van der Waals surface area contributed by atoms with Gasteiger partial charge in [-0.2, -0.15) is 5.26 Å². The molecule has 0 aliphatic carbocycles. The van der Waals surface area contributed by atoms with Gasteiger partial charge in [-0.15, -0.1) is 11.3 Å². The van der Waals surface area contributed by atoms with Gasteiger partial charge in [0.15, 0.2) is 0 Å². The van der Waals surface area contributed by atoms with E-state index in [0.29, 0.717) is 0 Å². The maximum absolute atomic E-state index is 8.38. The Morgan fingerprint density at radius 2 is 2.13 bits per heavy atom. The second-order valence-corrected chi connectivity index (χ2v) is 6.14. The van der Waals surface area contributed by atoms with Crippen molar-refractivity contribution in [1.82, 2.24) is 0 Å². The van der Waals surface area contributed by atoms with Gasteiger partial charge in [-0.1, -0.05) is 13.8 Å². The van der Waals surface area contributed by atoms with E-state index in [1.165, 1.54) is 27.9 Å². The first kappa shape index (κ1) is 12.6. The molecular formula is C12H17NS2. The topological polar surface area (TPSA) is 23.8 Å². The standard InChI is InChI=1S/C12H17NS2/c1-10(2)8-12-6-5-11(15-12)4-3-7-14-9-13/h5-6,10H,3-4,7-8H2,1-2H3. The lowest BCUT2D eigenvalue weighted by Gasteiger charge is -1.99. The Bertz CT molecular complexity index is 323. The molecule has 0 saturated carbocycles. The molecule has 0 saturated heterocycles. The van der Waals surface area contributed by atoms with Crippen molar-refractivity contribution in [2.75, 3.05) is 5.75 Å². The average Bonchev–Trinajstić information content (AvgIpc) is 2.59. The molecule has 0 spiro atoms. The Hall–Kier alpha value is -0.460. The lowest BCUT2D eigenvalue weighted by molar-refractivity contribution is 0.654. The van der Waals surface area contributed by atoms with Crippen LogP contribution in [0.2, 0.25) is 0 Å². The zero-order valence-electron chi connectivity index (χ0n) is 9.32. The van der Waals surface area contributed by atoms with E-state index in [2.05, 4.69) is 31.4 Å². The molecule has 0 aromatic carbocycles. The summed E-state index contributed by atoms with van der Waals surface area (Å²) < 4.78 is 0. The largest absolute Gasteiger partial charge is 0.185 e. The van der Waals surface area contributed by atoms with Gasteiger partial charge in [-0.05, 0) is 49.1 Å². The summed E-state index contributed by atoms with van der Waals surface area (Å²) in [6, 6.07) is 4.48. The molecule has 1 aromatic rings. The fourth-order valence-electron chi connectivity index (χ4n) is 1.43.